The van der Waals surface area contributed by atoms with Gasteiger partial charge in [0.1, 0.15) is 0 Å². The Balaban J connectivity index is 1.69. The molecule has 1 N–H and O–H groups in total. The van der Waals surface area contributed by atoms with Crippen LogP contribution in [0.4, 0.5) is 0 Å². The van der Waals surface area contributed by atoms with Gasteiger partial charge in [-0.1, -0.05) is 32.8 Å². The van der Waals surface area contributed by atoms with E-state index in [1.165, 1.54) is 0 Å². The van der Waals surface area contributed by atoms with Crippen LogP contribution < -0.4 is 11.0 Å². The third-order valence-corrected chi connectivity index (χ3v) is 6.48. The fourth-order valence-corrected chi connectivity index (χ4v) is 4.92. The molecule has 0 bridgehead atoms. The molecule has 1 aliphatic carbocycles. The number of benzene rings is 1. The van der Waals surface area contributed by atoms with Gasteiger partial charge in [-0.3, -0.25) is 19.1 Å². The van der Waals surface area contributed by atoms with Crippen LogP contribution >= 0.6 is 8.58 Å². The number of aliphatic hydroxyl groups is 1. The molecule has 3 heterocycles. The molecule has 0 radical (unpaired) electrons. The van der Waals surface area contributed by atoms with Crippen molar-refractivity contribution in [2.24, 2.45) is 0 Å². The number of nitrogens with zero attached hydrogens (tertiary/aromatic N) is 4. The average Bonchev–Trinajstić information content (AvgIpc) is 3.49. The van der Waals surface area contributed by atoms with Crippen LogP contribution in [0.25, 0.3) is 21.8 Å². The van der Waals surface area contributed by atoms with Crippen molar-refractivity contribution >= 4 is 35.7 Å². The van der Waals surface area contributed by atoms with Gasteiger partial charge >= 0.3 is 5.69 Å². The number of pyridine rings is 2. The number of imidazole rings is 1. The van der Waals surface area contributed by atoms with E-state index in [1.807, 2.05) is 35.0 Å². The Hall–Kier alpha value is -2.56. The van der Waals surface area contributed by atoms with Crippen molar-refractivity contribution < 1.29 is 5.11 Å². The number of hydrogen-bond acceptors (Lipinski definition) is 4. The molecular formula is C21H21N4O2P. The smallest absolute Gasteiger partial charge is 0.329 e. The van der Waals surface area contributed by atoms with Crippen LogP contribution in [-0.2, 0) is 6.54 Å². The molecule has 1 aliphatic rings. The van der Waals surface area contributed by atoms with Crippen LogP contribution in [0.2, 0.25) is 0 Å². The summed E-state index contributed by atoms with van der Waals surface area (Å²) < 4.78 is 3.67. The predicted molar refractivity (Wildman–Crippen MR) is 113 cm³/mol. The van der Waals surface area contributed by atoms with Crippen molar-refractivity contribution in [3.8, 4) is 0 Å². The lowest BCUT2D eigenvalue weighted by atomic mass is 10.1. The predicted octanol–water partition coefficient (Wildman–Crippen LogP) is 2.77. The summed E-state index contributed by atoms with van der Waals surface area (Å²) in [4.78, 5) is 22.1. The van der Waals surface area contributed by atoms with E-state index < -0.39 is 5.85 Å². The first-order valence-electron chi connectivity index (χ1n) is 9.49. The molecule has 6 nitrogen and oxygen atoms in total. The molecule has 1 saturated carbocycles. The lowest BCUT2D eigenvalue weighted by Gasteiger charge is -2.14. The summed E-state index contributed by atoms with van der Waals surface area (Å²) in [6.45, 7) is 2.17. The fourth-order valence-electron chi connectivity index (χ4n) is 3.81. The van der Waals surface area contributed by atoms with Gasteiger partial charge in [0.15, 0.2) is 0 Å². The van der Waals surface area contributed by atoms with E-state index in [9.17, 15) is 9.90 Å². The standard InChI is InChI=1S/C21H21N4O2P/c1-13(26)28-20-16-5-3-2-4-14(16)10-23-17(20)12-24-19-11-22-9-8-18(19)25(21(24)27)15-6-7-15/h2-5,8-11,13,15,26,28H,6-7,12H2,1H3. The zero-order chi connectivity index (χ0) is 19.3. The first kappa shape index (κ1) is 17.5. The average molecular weight is 392 g/mol. The zero-order valence-electron chi connectivity index (χ0n) is 15.5. The summed E-state index contributed by atoms with van der Waals surface area (Å²) in [5.74, 6) is -0.461. The number of fused-ring (bicyclic) bond motifs is 2. The lowest BCUT2D eigenvalue weighted by molar-refractivity contribution is 0.281. The Morgan fingerprint density at radius 3 is 2.82 bits per heavy atom. The first-order valence-corrected chi connectivity index (χ1v) is 10.6. The molecule has 7 heteroatoms. The van der Waals surface area contributed by atoms with E-state index in [0.717, 1.165) is 45.6 Å². The quantitative estimate of drug-likeness (QED) is 0.530. The van der Waals surface area contributed by atoms with E-state index in [4.69, 9.17) is 0 Å². The zero-order valence-corrected chi connectivity index (χ0v) is 16.5. The molecule has 2 unspecified atom stereocenters. The topological polar surface area (TPSA) is 72.9 Å². The third-order valence-electron chi connectivity index (χ3n) is 5.22. The Morgan fingerprint density at radius 1 is 1.21 bits per heavy atom. The van der Waals surface area contributed by atoms with Gasteiger partial charge in [0, 0.05) is 29.1 Å². The van der Waals surface area contributed by atoms with Gasteiger partial charge in [0.05, 0.1) is 35.3 Å². The molecule has 142 valence electrons. The van der Waals surface area contributed by atoms with Crippen molar-refractivity contribution in [3.63, 3.8) is 0 Å². The summed E-state index contributed by atoms with van der Waals surface area (Å²) >= 11 is 0. The maximum absolute atomic E-state index is 13.2. The minimum Gasteiger partial charge on any atom is -0.389 e. The first-order chi connectivity index (χ1) is 13.6. The van der Waals surface area contributed by atoms with Gasteiger partial charge in [-0.05, 0) is 31.2 Å². The second-order valence-corrected chi connectivity index (χ2v) is 8.95. The van der Waals surface area contributed by atoms with Gasteiger partial charge in [0.25, 0.3) is 0 Å². The summed E-state index contributed by atoms with van der Waals surface area (Å²) in [5, 5.41) is 13.2. The van der Waals surface area contributed by atoms with Crippen molar-refractivity contribution in [2.75, 3.05) is 0 Å². The van der Waals surface area contributed by atoms with Crippen LogP contribution in [0.5, 0.6) is 0 Å². The third kappa shape index (κ3) is 2.93. The minimum absolute atomic E-state index is 0.00760. The lowest BCUT2D eigenvalue weighted by Crippen LogP contribution is -2.26. The second-order valence-electron chi connectivity index (χ2n) is 7.32. The van der Waals surface area contributed by atoms with E-state index in [0.29, 0.717) is 12.6 Å². The Kier molecular flexibility index (Phi) is 4.26. The normalized spacial score (nSPS) is 15.8. The van der Waals surface area contributed by atoms with E-state index in [2.05, 4.69) is 16.0 Å². The highest BCUT2D eigenvalue weighted by molar-refractivity contribution is 7.48. The van der Waals surface area contributed by atoms with Crippen molar-refractivity contribution in [1.29, 1.82) is 0 Å². The Labute approximate surface area is 163 Å². The van der Waals surface area contributed by atoms with Crippen molar-refractivity contribution in [2.45, 2.75) is 38.2 Å². The number of rotatable bonds is 5. The number of hydrogen-bond donors (Lipinski definition) is 1. The van der Waals surface area contributed by atoms with Gasteiger partial charge < -0.3 is 5.11 Å². The molecule has 1 fully saturated rings. The maximum Gasteiger partial charge on any atom is 0.329 e. The molecule has 4 aromatic rings. The van der Waals surface area contributed by atoms with Crippen LogP contribution in [0.15, 0.2) is 53.7 Å². The SMILES string of the molecule is CC(O)Pc1c(Cn2c(=O)n(C3CC3)c3ccncc32)ncc2ccccc12. The Morgan fingerprint density at radius 2 is 2.04 bits per heavy atom. The molecule has 0 amide bonds. The van der Waals surface area contributed by atoms with Gasteiger partial charge in [-0.25, -0.2) is 4.79 Å². The highest BCUT2D eigenvalue weighted by Gasteiger charge is 2.29. The molecule has 3 aromatic heterocycles. The van der Waals surface area contributed by atoms with E-state index >= 15 is 0 Å². The summed E-state index contributed by atoms with van der Waals surface area (Å²) in [6.07, 6.45) is 7.44. The van der Waals surface area contributed by atoms with Gasteiger partial charge in [0.2, 0.25) is 0 Å². The fraction of sp³-hybridized carbons (Fsp3) is 0.286. The summed E-state index contributed by atoms with van der Waals surface area (Å²) in [7, 11) is 0.209. The minimum atomic E-state index is -0.461. The monoisotopic (exact) mass is 392 g/mol. The molecule has 0 saturated heterocycles. The molecule has 2 atom stereocenters. The number of aliphatic hydroxyl groups excluding tert-OH is 1. The van der Waals surface area contributed by atoms with Gasteiger partial charge in [-0.15, -0.1) is 0 Å². The van der Waals surface area contributed by atoms with Crippen LogP contribution in [0, 0.1) is 0 Å². The molecule has 0 aliphatic heterocycles. The van der Waals surface area contributed by atoms with E-state index in [1.54, 1.807) is 23.9 Å². The largest absolute Gasteiger partial charge is 0.389 e. The summed E-state index contributed by atoms with van der Waals surface area (Å²) in [5.41, 5.74) is 2.59. The van der Waals surface area contributed by atoms with Crippen molar-refractivity contribution in [3.05, 3.63) is 65.1 Å². The van der Waals surface area contributed by atoms with Gasteiger partial charge in [-0.2, -0.15) is 0 Å². The summed E-state index contributed by atoms with van der Waals surface area (Å²) in [6, 6.07) is 10.3. The highest BCUT2D eigenvalue weighted by Crippen LogP contribution is 2.36. The van der Waals surface area contributed by atoms with E-state index in [-0.39, 0.29) is 14.3 Å². The molecule has 5 rings (SSSR count). The highest BCUT2D eigenvalue weighted by atomic mass is 31.1. The maximum atomic E-state index is 13.2. The van der Waals surface area contributed by atoms with Crippen LogP contribution in [0.3, 0.4) is 0 Å². The van der Waals surface area contributed by atoms with Crippen LogP contribution in [-0.4, -0.2) is 30.1 Å². The molecular weight excluding hydrogens is 371 g/mol. The second kappa shape index (κ2) is 6.80. The molecule has 1 aromatic carbocycles. The number of aromatic nitrogens is 4. The molecule has 28 heavy (non-hydrogen) atoms. The Bertz CT molecular complexity index is 1240. The van der Waals surface area contributed by atoms with Crippen molar-refractivity contribution in [1.82, 2.24) is 19.1 Å². The van der Waals surface area contributed by atoms with Crippen LogP contribution in [0.1, 0.15) is 31.5 Å². The molecule has 0 spiro atoms.